The van der Waals surface area contributed by atoms with Gasteiger partial charge >= 0.3 is 5.96 Å². The molecule has 0 amide bonds. The fraction of sp³-hybridized carbons (Fsp3) is 0.667. The van der Waals surface area contributed by atoms with Gasteiger partial charge in [0.15, 0.2) is 0 Å². The number of nitrogens with one attached hydrogen (secondary N) is 2. The summed E-state index contributed by atoms with van der Waals surface area (Å²) in [7, 11) is 0. The van der Waals surface area contributed by atoms with Crippen LogP contribution in [-0.2, 0) is 25.6 Å². The molecule has 0 aromatic carbocycles. The van der Waals surface area contributed by atoms with Crippen LogP contribution in [0.25, 0.3) is 0 Å². The van der Waals surface area contributed by atoms with Gasteiger partial charge in [0.05, 0.1) is 0 Å². The third kappa shape index (κ3) is 3.14. The van der Waals surface area contributed by atoms with Crippen LogP contribution in [0.3, 0.4) is 0 Å². The second-order valence-corrected chi connectivity index (χ2v) is 2.97. The van der Waals surface area contributed by atoms with Gasteiger partial charge in [0.25, 0.3) is 0 Å². The number of thiol groups is 1. The van der Waals surface area contributed by atoms with Crippen molar-refractivity contribution in [1.29, 1.82) is 0 Å². The van der Waals surface area contributed by atoms with E-state index in [1.54, 1.807) is 0 Å². The molecule has 0 spiro atoms. The zero-order chi connectivity index (χ0) is 7.44. The second kappa shape index (κ2) is 4.21. The smallest absolute Gasteiger partial charge is 0.403 e. The van der Waals surface area contributed by atoms with Crippen molar-refractivity contribution in [3.63, 3.8) is 0 Å². The van der Waals surface area contributed by atoms with Crippen molar-refractivity contribution in [2.75, 3.05) is 0 Å². The van der Waals surface area contributed by atoms with Gasteiger partial charge in [-0.3, -0.25) is 0 Å². The van der Waals surface area contributed by atoms with Crippen LogP contribution in [-0.4, -0.2) is 11.3 Å². The second-order valence-electron chi connectivity index (χ2n) is 1.56. The third-order valence-electron chi connectivity index (χ3n) is 0.755. The molecular formula is C3H9N3S3. The molecule has 6 heteroatoms. The van der Waals surface area contributed by atoms with E-state index in [0.717, 1.165) is 0 Å². The van der Waals surface area contributed by atoms with E-state index < -0.39 is 0 Å². The third-order valence-corrected chi connectivity index (χ3v) is 1.98. The molecular weight excluding hydrogens is 174 g/mol. The Labute approximate surface area is 71.2 Å². The maximum Gasteiger partial charge on any atom is 0.403 e. The van der Waals surface area contributed by atoms with E-state index in [4.69, 9.17) is 18.5 Å². The monoisotopic (exact) mass is 183 g/mol. The van der Waals surface area contributed by atoms with E-state index in [-0.39, 0.29) is 5.37 Å². The summed E-state index contributed by atoms with van der Waals surface area (Å²) in [5.74, 6) is 0.350. The summed E-state index contributed by atoms with van der Waals surface area (Å²) in [6, 6.07) is 0. The quantitative estimate of drug-likeness (QED) is 0.112. The Balaban J connectivity index is 3.88. The fourth-order valence-electron chi connectivity index (χ4n) is 0.275. The summed E-state index contributed by atoms with van der Waals surface area (Å²) >= 11 is 13.3. The molecule has 0 fully saturated rings. The number of nitrogens with two attached hydrogens (primary N) is 1. The van der Waals surface area contributed by atoms with Crippen molar-refractivity contribution >= 4 is 44.2 Å². The van der Waals surface area contributed by atoms with E-state index in [1.165, 1.54) is 0 Å². The highest BCUT2D eigenvalue weighted by atomic mass is 32.1. The number of guanidine groups is 1. The van der Waals surface area contributed by atoms with Gasteiger partial charge in [-0.05, 0) is 6.92 Å². The van der Waals surface area contributed by atoms with Gasteiger partial charge in [0.2, 0.25) is 0 Å². The van der Waals surface area contributed by atoms with Crippen LogP contribution in [0.2, 0.25) is 0 Å². The zero-order valence-corrected chi connectivity index (χ0v) is 7.45. The summed E-state index contributed by atoms with van der Waals surface area (Å²) in [5, 5.41) is -0.0181. The summed E-state index contributed by atoms with van der Waals surface area (Å²) in [6.07, 6.45) is 0. The number of hydrogen-bond donors (Lipinski definition) is 4. The number of rotatable bonds is 1. The lowest BCUT2D eigenvalue weighted by molar-refractivity contribution is -0.683. The molecule has 0 aromatic rings. The first-order valence-corrected chi connectivity index (χ1v) is 3.65. The summed E-state index contributed by atoms with van der Waals surface area (Å²) in [5.41, 5.74) is 5.33. The van der Waals surface area contributed by atoms with Crippen LogP contribution in [0.15, 0.2) is 0 Å². The van der Waals surface area contributed by atoms with Crippen LogP contribution in [0, 0.1) is 0 Å². The predicted molar refractivity (Wildman–Crippen MR) is 44.3 cm³/mol. The van der Waals surface area contributed by atoms with Crippen LogP contribution < -0.4 is 14.4 Å². The molecule has 0 bridgehead atoms. The van der Waals surface area contributed by atoms with Crippen molar-refractivity contribution in [1.82, 2.24) is 0 Å². The molecule has 0 rings (SSSR count). The van der Waals surface area contributed by atoms with E-state index in [0.29, 0.717) is 10.3 Å². The largest absolute Gasteiger partial charge is 0.558 e. The maximum atomic E-state index is 5.33. The van der Waals surface area contributed by atoms with Crippen LogP contribution in [0.4, 0.5) is 0 Å². The van der Waals surface area contributed by atoms with Crippen molar-refractivity contribution in [2.45, 2.75) is 12.3 Å². The molecule has 0 aliphatic heterocycles. The lowest BCUT2D eigenvalue weighted by atomic mass is 10.7. The molecule has 3 nitrogen and oxygen atoms in total. The van der Waals surface area contributed by atoms with Crippen molar-refractivity contribution in [3.8, 4) is 0 Å². The van der Waals surface area contributed by atoms with E-state index >= 15 is 0 Å². The molecule has 0 aliphatic carbocycles. The predicted octanol–water partition coefficient (Wildman–Crippen LogP) is -3.53. The Kier molecular flexibility index (Phi) is 4.37. The molecule has 54 valence electrons. The average molecular weight is 183 g/mol. The molecule has 0 aliphatic rings. The molecule has 4 N–H and O–H groups in total. The van der Waals surface area contributed by atoms with Crippen molar-refractivity contribution < 1.29 is 8.70 Å². The van der Waals surface area contributed by atoms with Gasteiger partial charge in [-0.1, -0.05) is 0 Å². The molecule has 0 heterocycles. The first kappa shape index (κ1) is 9.35. The molecule has 0 radical (unpaired) electrons. The van der Waals surface area contributed by atoms with Gasteiger partial charge in [-0.15, -0.1) is 12.6 Å². The molecule has 2 unspecified atom stereocenters. The lowest BCUT2D eigenvalue weighted by Crippen LogP contribution is -3.19. The fourth-order valence-corrected chi connectivity index (χ4v) is 0.640. The van der Waals surface area contributed by atoms with Gasteiger partial charge in [0.1, 0.15) is 5.37 Å². The lowest BCUT2D eigenvalue weighted by Gasteiger charge is -2.21. The molecule has 0 saturated heterocycles. The first-order chi connectivity index (χ1) is 4.09. The maximum absolute atomic E-state index is 5.33. The number of hydrogen-bond acceptors (Lipinski definition) is 3. The molecule has 0 saturated carbocycles. The van der Waals surface area contributed by atoms with Crippen LogP contribution in [0.1, 0.15) is 6.92 Å². The van der Waals surface area contributed by atoms with Gasteiger partial charge < -0.3 is 34.3 Å². The minimum Gasteiger partial charge on any atom is -0.558 e. The highest BCUT2D eigenvalue weighted by Gasteiger charge is 2.07. The molecule has 2 atom stereocenters. The Morgan fingerprint density at radius 3 is 2.44 bits per heavy atom. The topological polar surface area (TPSA) is 44.4 Å². The van der Waals surface area contributed by atoms with Crippen molar-refractivity contribution in [2.24, 2.45) is 5.73 Å². The summed E-state index contributed by atoms with van der Waals surface area (Å²) in [6.45, 7) is 1.84. The Bertz CT molecular complexity index is 113. The Morgan fingerprint density at radius 1 is 1.89 bits per heavy atom. The normalized spacial score (nSPS) is 19.2. The first-order valence-electron chi connectivity index (χ1n) is 2.32. The van der Waals surface area contributed by atoms with E-state index in [2.05, 4.69) is 29.8 Å². The van der Waals surface area contributed by atoms with Crippen molar-refractivity contribution in [3.05, 3.63) is 0 Å². The summed E-state index contributed by atoms with van der Waals surface area (Å²) in [4.78, 5) is 0. The van der Waals surface area contributed by atoms with Gasteiger partial charge in [0, 0.05) is 0 Å². The highest BCUT2D eigenvalue weighted by Crippen LogP contribution is 1.74. The average Bonchev–Trinajstić information content (AvgIpc) is 1.84. The standard InChI is InChI=1S/C3H9N3S3/c1-2(7)6(9)3(4)5-8/h2,5-6H,4H2,1H3,(H-,7,8)/b5-3-. The Morgan fingerprint density at radius 2 is 2.33 bits per heavy atom. The molecule has 0 aromatic heterocycles. The van der Waals surface area contributed by atoms with Gasteiger partial charge in [-0.25, -0.2) is 5.73 Å². The summed E-state index contributed by atoms with van der Waals surface area (Å²) < 4.78 is 2.90. The van der Waals surface area contributed by atoms with Gasteiger partial charge in [-0.2, -0.15) is 0 Å². The van der Waals surface area contributed by atoms with E-state index in [9.17, 15) is 0 Å². The highest BCUT2D eigenvalue weighted by molar-refractivity contribution is 7.80. The van der Waals surface area contributed by atoms with Crippen LogP contribution in [0.5, 0.6) is 0 Å². The SMILES string of the molecule is CC(S)[NH+]([S-])/C(N)=[NH+]\[S-]. The Hall–Kier alpha value is 0.350. The van der Waals surface area contributed by atoms with E-state index in [1.807, 2.05) is 6.92 Å². The molecule has 9 heavy (non-hydrogen) atoms. The van der Waals surface area contributed by atoms with Crippen LogP contribution >= 0.6 is 12.6 Å². The minimum atomic E-state index is -0.0181. The zero-order valence-electron chi connectivity index (χ0n) is 4.92. The number of quaternary nitrogens is 1. The minimum absolute atomic E-state index is 0.0181.